The molecule has 0 aliphatic carbocycles. The van der Waals surface area contributed by atoms with Crippen LogP contribution >= 0.6 is 0 Å². The normalized spacial score (nSPS) is 12.7. The Bertz CT molecular complexity index is 540. The molecule has 0 amide bonds. The van der Waals surface area contributed by atoms with E-state index in [2.05, 4.69) is 5.43 Å². The first-order chi connectivity index (χ1) is 8.54. The molecule has 0 fully saturated rings. The predicted octanol–water partition coefficient (Wildman–Crippen LogP) is 2.90. The molecule has 0 spiro atoms. The van der Waals surface area contributed by atoms with E-state index in [1.54, 1.807) is 6.26 Å². The van der Waals surface area contributed by atoms with Gasteiger partial charge in [0.1, 0.15) is 17.6 Å². The lowest BCUT2D eigenvalue weighted by molar-refractivity contribution is 0.437. The Hall–Kier alpha value is -1.65. The van der Waals surface area contributed by atoms with Crippen molar-refractivity contribution in [2.45, 2.75) is 26.8 Å². The highest BCUT2D eigenvalue weighted by Gasteiger charge is 2.23. The molecule has 96 valence electrons. The fraction of sp³-hybridized carbons (Fsp3) is 0.286. The van der Waals surface area contributed by atoms with Gasteiger partial charge in [-0.05, 0) is 49.6 Å². The molecule has 2 aromatic rings. The number of hydrogen-bond donors (Lipinski definition) is 2. The van der Waals surface area contributed by atoms with Crippen LogP contribution in [0.2, 0.25) is 0 Å². The quantitative estimate of drug-likeness (QED) is 0.648. The zero-order chi connectivity index (χ0) is 13.3. The number of nitrogens with one attached hydrogen (secondary N) is 1. The summed E-state index contributed by atoms with van der Waals surface area (Å²) in [6.07, 6.45) is 1.58. The Morgan fingerprint density at radius 3 is 2.44 bits per heavy atom. The monoisotopic (exact) mass is 248 g/mol. The summed E-state index contributed by atoms with van der Waals surface area (Å²) in [4.78, 5) is 0. The average molecular weight is 248 g/mol. The molecule has 1 unspecified atom stereocenters. The van der Waals surface area contributed by atoms with Gasteiger partial charge in [-0.3, -0.25) is 5.84 Å². The van der Waals surface area contributed by atoms with Crippen molar-refractivity contribution in [2.24, 2.45) is 5.84 Å². The second kappa shape index (κ2) is 4.92. The summed E-state index contributed by atoms with van der Waals surface area (Å²) < 4.78 is 19.5. The third-order valence-corrected chi connectivity index (χ3v) is 3.10. The number of nitrogens with two attached hydrogens (primary N) is 1. The van der Waals surface area contributed by atoms with E-state index in [4.69, 9.17) is 10.3 Å². The van der Waals surface area contributed by atoms with Crippen molar-refractivity contribution in [2.75, 3.05) is 0 Å². The van der Waals surface area contributed by atoms with Crippen LogP contribution in [0.3, 0.4) is 0 Å². The molecule has 4 heteroatoms. The van der Waals surface area contributed by atoms with Gasteiger partial charge in [-0.25, -0.2) is 9.82 Å². The third kappa shape index (κ3) is 2.17. The van der Waals surface area contributed by atoms with E-state index < -0.39 is 6.04 Å². The SMILES string of the molecule is Cc1cc(C)c(C(NN)c2occc2C)c(F)c1. The fourth-order valence-corrected chi connectivity index (χ4v) is 2.26. The van der Waals surface area contributed by atoms with Crippen LogP contribution in [0.1, 0.15) is 34.1 Å². The van der Waals surface area contributed by atoms with Gasteiger partial charge in [0.25, 0.3) is 0 Å². The molecule has 1 aromatic carbocycles. The molecule has 3 nitrogen and oxygen atoms in total. The minimum atomic E-state index is -0.472. The highest BCUT2D eigenvalue weighted by Crippen LogP contribution is 2.30. The minimum Gasteiger partial charge on any atom is -0.467 e. The van der Waals surface area contributed by atoms with Crippen molar-refractivity contribution < 1.29 is 8.81 Å². The molecule has 1 heterocycles. The zero-order valence-corrected chi connectivity index (χ0v) is 10.8. The molecule has 0 saturated heterocycles. The number of benzene rings is 1. The summed E-state index contributed by atoms with van der Waals surface area (Å²) in [6, 6.07) is 4.80. The smallest absolute Gasteiger partial charge is 0.129 e. The first-order valence-electron chi connectivity index (χ1n) is 5.81. The molecule has 0 saturated carbocycles. The summed E-state index contributed by atoms with van der Waals surface area (Å²) >= 11 is 0. The van der Waals surface area contributed by atoms with Crippen LogP contribution < -0.4 is 11.3 Å². The van der Waals surface area contributed by atoms with Crippen LogP contribution in [0.4, 0.5) is 4.39 Å². The van der Waals surface area contributed by atoms with E-state index in [0.29, 0.717) is 11.3 Å². The second-order valence-electron chi connectivity index (χ2n) is 4.54. The number of rotatable bonds is 3. The van der Waals surface area contributed by atoms with Gasteiger partial charge in [-0.2, -0.15) is 0 Å². The molecule has 0 radical (unpaired) electrons. The first kappa shape index (κ1) is 12.8. The highest BCUT2D eigenvalue weighted by atomic mass is 19.1. The summed E-state index contributed by atoms with van der Waals surface area (Å²) in [7, 11) is 0. The van der Waals surface area contributed by atoms with Crippen molar-refractivity contribution in [3.63, 3.8) is 0 Å². The Morgan fingerprint density at radius 1 is 1.22 bits per heavy atom. The Labute approximate surface area is 106 Å². The Balaban J connectivity index is 2.56. The van der Waals surface area contributed by atoms with Crippen molar-refractivity contribution in [1.29, 1.82) is 0 Å². The summed E-state index contributed by atoms with van der Waals surface area (Å²) in [5, 5.41) is 0. The molecule has 0 bridgehead atoms. The minimum absolute atomic E-state index is 0.272. The summed E-state index contributed by atoms with van der Waals surface area (Å²) in [6.45, 7) is 5.64. The van der Waals surface area contributed by atoms with Crippen LogP contribution in [0.25, 0.3) is 0 Å². The van der Waals surface area contributed by atoms with Crippen molar-refractivity contribution in [3.8, 4) is 0 Å². The first-order valence-corrected chi connectivity index (χ1v) is 5.81. The molecular weight excluding hydrogens is 231 g/mol. The summed E-state index contributed by atoms with van der Waals surface area (Å²) in [5.74, 6) is 5.93. The van der Waals surface area contributed by atoms with Crippen LogP contribution in [-0.2, 0) is 0 Å². The van der Waals surface area contributed by atoms with Crippen LogP contribution in [-0.4, -0.2) is 0 Å². The number of aryl methyl sites for hydroxylation is 3. The van der Waals surface area contributed by atoms with E-state index in [9.17, 15) is 4.39 Å². The molecule has 18 heavy (non-hydrogen) atoms. The van der Waals surface area contributed by atoms with Crippen molar-refractivity contribution in [3.05, 3.63) is 58.3 Å². The maximum Gasteiger partial charge on any atom is 0.129 e. The fourth-order valence-electron chi connectivity index (χ4n) is 2.26. The van der Waals surface area contributed by atoms with Gasteiger partial charge in [0, 0.05) is 5.56 Å². The molecule has 0 aliphatic rings. The molecule has 2 rings (SSSR count). The molecule has 1 atom stereocenters. The van der Waals surface area contributed by atoms with Crippen molar-refractivity contribution >= 4 is 0 Å². The van der Waals surface area contributed by atoms with E-state index in [0.717, 1.165) is 16.7 Å². The van der Waals surface area contributed by atoms with Gasteiger partial charge in [0.05, 0.1) is 6.26 Å². The third-order valence-electron chi connectivity index (χ3n) is 3.10. The number of hydrazine groups is 1. The molecular formula is C14H17FN2O. The van der Waals surface area contributed by atoms with Crippen molar-refractivity contribution in [1.82, 2.24) is 5.43 Å². The standard InChI is InChI=1S/C14H17FN2O/c1-8-6-10(3)12(11(15)7-8)13(17-16)14-9(2)4-5-18-14/h4-7,13,17H,16H2,1-3H3. The maximum atomic E-state index is 14.1. The zero-order valence-electron chi connectivity index (χ0n) is 10.8. The van der Waals surface area contributed by atoms with E-state index in [-0.39, 0.29) is 5.82 Å². The number of halogens is 1. The lowest BCUT2D eigenvalue weighted by Crippen LogP contribution is -2.30. The highest BCUT2D eigenvalue weighted by molar-refractivity contribution is 5.39. The largest absolute Gasteiger partial charge is 0.467 e. The average Bonchev–Trinajstić information content (AvgIpc) is 2.69. The summed E-state index contributed by atoms with van der Waals surface area (Å²) in [5.41, 5.74) is 5.84. The van der Waals surface area contributed by atoms with Gasteiger partial charge in [-0.1, -0.05) is 6.07 Å². The van der Waals surface area contributed by atoms with Gasteiger partial charge >= 0.3 is 0 Å². The maximum absolute atomic E-state index is 14.1. The number of furan rings is 1. The molecule has 0 aliphatic heterocycles. The number of hydrogen-bond acceptors (Lipinski definition) is 3. The van der Waals surface area contributed by atoms with Crippen LogP contribution in [0, 0.1) is 26.6 Å². The van der Waals surface area contributed by atoms with Crippen LogP contribution in [0.15, 0.2) is 28.9 Å². The molecule has 3 N–H and O–H groups in total. The van der Waals surface area contributed by atoms with E-state index >= 15 is 0 Å². The lowest BCUT2D eigenvalue weighted by atomic mass is 9.96. The second-order valence-corrected chi connectivity index (χ2v) is 4.54. The van der Waals surface area contributed by atoms with Gasteiger partial charge in [-0.15, -0.1) is 0 Å². The van der Waals surface area contributed by atoms with E-state index in [1.807, 2.05) is 32.9 Å². The topological polar surface area (TPSA) is 51.2 Å². The van der Waals surface area contributed by atoms with Crippen LogP contribution in [0.5, 0.6) is 0 Å². The lowest BCUT2D eigenvalue weighted by Gasteiger charge is -2.18. The predicted molar refractivity (Wildman–Crippen MR) is 68.5 cm³/mol. The van der Waals surface area contributed by atoms with Gasteiger partial charge in [0.2, 0.25) is 0 Å². The van der Waals surface area contributed by atoms with E-state index in [1.165, 1.54) is 6.07 Å². The molecule has 1 aromatic heterocycles. The Morgan fingerprint density at radius 2 is 1.94 bits per heavy atom. The van der Waals surface area contributed by atoms with Gasteiger partial charge < -0.3 is 4.42 Å². The Kier molecular flexibility index (Phi) is 3.50. The van der Waals surface area contributed by atoms with Gasteiger partial charge in [0.15, 0.2) is 0 Å².